The molecule has 1 aromatic carbocycles. The third-order valence-electron chi connectivity index (χ3n) is 3.71. The molecule has 1 N–H and O–H groups in total. The van der Waals surface area contributed by atoms with Gasteiger partial charge in [-0.15, -0.1) is 0 Å². The Balaban J connectivity index is 1.90. The summed E-state index contributed by atoms with van der Waals surface area (Å²) in [5.41, 5.74) is 0.614. The molecule has 1 aliphatic heterocycles. The van der Waals surface area contributed by atoms with Crippen molar-refractivity contribution in [2.75, 3.05) is 13.6 Å². The van der Waals surface area contributed by atoms with Gasteiger partial charge in [-0.05, 0) is 29.8 Å². The van der Waals surface area contributed by atoms with Crippen molar-refractivity contribution < 1.29 is 9.90 Å². The van der Waals surface area contributed by atoms with Gasteiger partial charge in [0.05, 0.1) is 5.69 Å². The number of amides is 1. The van der Waals surface area contributed by atoms with Crippen LogP contribution in [0.2, 0.25) is 5.28 Å². The van der Waals surface area contributed by atoms with Crippen LogP contribution in [0, 0.1) is 11.8 Å². The SMILES string of the molecule is CN1CCC(O)(C#Cc2cccc(-c3ccnc(Cl)n3)c2)C1=O. The van der Waals surface area contributed by atoms with Crippen LogP contribution in [0.25, 0.3) is 11.3 Å². The Morgan fingerprint density at radius 3 is 2.91 bits per heavy atom. The van der Waals surface area contributed by atoms with Gasteiger partial charge in [-0.2, -0.15) is 0 Å². The van der Waals surface area contributed by atoms with Crippen molar-refractivity contribution >= 4 is 17.5 Å². The van der Waals surface area contributed by atoms with Gasteiger partial charge in [0.15, 0.2) is 0 Å². The van der Waals surface area contributed by atoms with E-state index in [-0.39, 0.29) is 11.2 Å². The lowest BCUT2D eigenvalue weighted by molar-refractivity contribution is -0.137. The van der Waals surface area contributed by atoms with Crippen LogP contribution in [0.3, 0.4) is 0 Å². The van der Waals surface area contributed by atoms with E-state index in [1.165, 1.54) is 4.90 Å². The van der Waals surface area contributed by atoms with Gasteiger partial charge in [0.2, 0.25) is 10.9 Å². The summed E-state index contributed by atoms with van der Waals surface area (Å²) in [6, 6.07) is 9.11. The first kappa shape index (κ1) is 15.5. The summed E-state index contributed by atoms with van der Waals surface area (Å²) in [6.07, 6.45) is 1.90. The zero-order valence-electron chi connectivity index (χ0n) is 12.5. The maximum absolute atomic E-state index is 11.9. The lowest BCUT2D eigenvalue weighted by Crippen LogP contribution is -2.37. The molecule has 0 bridgehead atoms. The van der Waals surface area contributed by atoms with E-state index in [1.54, 1.807) is 19.3 Å². The fraction of sp³-hybridized carbons (Fsp3) is 0.235. The van der Waals surface area contributed by atoms with Crippen molar-refractivity contribution in [1.82, 2.24) is 14.9 Å². The molecule has 2 heterocycles. The van der Waals surface area contributed by atoms with E-state index in [1.807, 2.05) is 24.3 Å². The number of halogens is 1. The van der Waals surface area contributed by atoms with E-state index in [4.69, 9.17) is 11.6 Å². The maximum atomic E-state index is 11.9. The zero-order valence-corrected chi connectivity index (χ0v) is 13.2. The molecule has 5 nitrogen and oxygen atoms in total. The minimum absolute atomic E-state index is 0.174. The summed E-state index contributed by atoms with van der Waals surface area (Å²) in [6.45, 7) is 0.503. The topological polar surface area (TPSA) is 66.3 Å². The predicted molar refractivity (Wildman–Crippen MR) is 86.6 cm³/mol. The summed E-state index contributed by atoms with van der Waals surface area (Å²) in [5, 5.41) is 10.5. The van der Waals surface area contributed by atoms with Crippen molar-refractivity contribution in [2.45, 2.75) is 12.0 Å². The van der Waals surface area contributed by atoms with E-state index < -0.39 is 5.60 Å². The van der Waals surface area contributed by atoms with Crippen molar-refractivity contribution in [3.05, 3.63) is 47.4 Å². The molecule has 0 spiro atoms. The molecule has 1 fully saturated rings. The minimum Gasteiger partial charge on any atom is -0.369 e. The molecule has 1 atom stereocenters. The molecule has 0 saturated carbocycles. The molecule has 23 heavy (non-hydrogen) atoms. The lowest BCUT2D eigenvalue weighted by atomic mass is 10.0. The second kappa shape index (κ2) is 5.99. The van der Waals surface area contributed by atoms with E-state index in [9.17, 15) is 9.90 Å². The van der Waals surface area contributed by atoms with E-state index in [2.05, 4.69) is 21.8 Å². The van der Waals surface area contributed by atoms with E-state index >= 15 is 0 Å². The van der Waals surface area contributed by atoms with Crippen molar-refractivity contribution in [3.63, 3.8) is 0 Å². The Morgan fingerprint density at radius 1 is 1.39 bits per heavy atom. The minimum atomic E-state index is -1.59. The molecule has 116 valence electrons. The van der Waals surface area contributed by atoms with E-state index in [0.717, 1.165) is 5.56 Å². The molecular formula is C17H14ClN3O2. The number of aromatic nitrogens is 2. The van der Waals surface area contributed by atoms with Gasteiger partial charge in [0, 0.05) is 37.3 Å². The largest absolute Gasteiger partial charge is 0.369 e. The Hall–Kier alpha value is -2.42. The van der Waals surface area contributed by atoms with Crippen LogP contribution in [-0.4, -0.2) is 45.1 Å². The van der Waals surface area contributed by atoms with Crippen molar-refractivity contribution in [3.8, 4) is 23.1 Å². The van der Waals surface area contributed by atoms with Gasteiger partial charge in [0.25, 0.3) is 5.91 Å². The number of rotatable bonds is 1. The van der Waals surface area contributed by atoms with Crippen LogP contribution >= 0.6 is 11.6 Å². The molecule has 0 aliphatic carbocycles. The third-order valence-corrected chi connectivity index (χ3v) is 3.89. The molecule has 1 amide bonds. The Bertz CT molecular complexity index is 828. The first-order valence-corrected chi connectivity index (χ1v) is 7.46. The highest BCUT2D eigenvalue weighted by atomic mass is 35.5. The van der Waals surface area contributed by atoms with Crippen LogP contribution in [0.4, 0.5) is 0 Å². The van der Waals surface area contributed by atoms with Gasteiger partial charge in [-0.25, -0.2) is 9.97 Å². The third kappa shape index (κ3) is 3.19. The quantitative estimate of drug-likeness (QED) is 0.640. The molecule has 0 radical (unpaired) electrons. The van der Waals surface area contributed by atoms with Gasteiger partial charge in [-0.3, -0.25) is 4.79 Å². The van der Waals surface area contributed by atoms with Crippen molar-refractivity contribution in [1.29, 1.82) is 0 Å². The number of likely N-dealkylation sites (N-methyl/N-ethyl adjacent to an activating group) is 1. The number of likely N-dealkylation sites (tertiary alicyclic amines) is 1. The van der Waals surface area contributed by atoms with Gasteiger partial charge >= 0.3 is 0 Å². The van der Waals surface area contributed by atoms with Crippen LogP contribution in [0.15, 0.2) is 36.5 Å². The molecule has 1 saturated heterocycles. The number of aliphatic hydroxyl groups is 1. The number of benzene rings is 1. The average Bonchev–Trinajstić information content (AvgIpc) is 2.82. The predicted octanol–water partition coefficient (Wildman–Crippen LogP) is 1.74. The summed E-state index contributed by atoms with van der Waals surface area (Å²) in [5.74, 6) is 5.22. The number of hydrogen-bond donors (Lipinski definition) is 1. The first-order valence-electron chi connectivity index (χ1n) is 7.08. The molecule has 2 aromatic rings. The fourth-order valence-electron chi connectivity index (χ4n) is 2.40. The standard InChI is InChI=1S/C17H14ClN3O2/c1-21-10-8-17(23,15(21)22)7-5-12-3-2-4-13(11-12)14-6-9-19-16(18)20-14/h2-4,6,9,11,23H,8,10H2,1H3. The maximum Gasteiger partial charge on any atom is 0.267 e. The van der Waals surface area contributed by atoms with E-state index in [0.29, 0.717) is 24.2 Å². The highest BCUT2D eigenvalue weighted by Crippen LogP contribution is 2.22. The monoisotopic (exact) mass is 327 g/mol. The number of carbonyl (C=O) groups excluding carboxylic acids is 1. The van der Waals surface area contributed by atoms with Gasteiger partial charge < -0.3 is 10.0 Å². The van der Waals surface area contributed by atoms with Crippen LogP contribution in [0.1, 0.15) is 12.0 Å². The number of hydrogen-bond acceptors (Lipinski definition) is 4. The summed E-state index contributed by atoms with van der Waals surface area (Å²) in [4.78, 5) is 21.4. The Kier molecular flexibility index (Phi) is 4.03. The van der Waals surface area contributed by atoms with Crippen LogP contribution in [-0.2, 0) is 4.79 Å². The average molecular weight is 328 g/mol. The zero-order chi connectivity index (χ0) is 16.4. The highest BCUT2D eigenvalue weighted by Gasteiger charge is 2.42. The molecule has 1 aromatic heterocycles. The smallest absolute Gasteiger partial charge is 0.267 e. The molecule has 1 unspecified atom stereocenters. The molecular weight excluding hydrogens is 314 g/mol. The normalized spacial score (nSPS) is 20.3. The summed E-state index contributed by atoms with van der Waals surface area (Å²) >= 11 is 5.80. The van der Waals surface area contributed by atoms with Gasteiger partial charge in [-0.1, -0.05) is 24.0 Å². The second-order valence-corrected chi connectivity index (χ2v) is 5.72. The molecule has 1 aliphatic rings. The number of carbonyl (C=O) groups is 1. The Morgan fingerprint density at radius 2 is 2.22 bits per heavy atom. The lowest BCUT2D eigenvalue weighted by Gasteiger charge is -2.13. The van der Waals surface area contributed by atoms with Crippen LogP contribution < -0.4 is 0 Å². The summed E-state index contributed by atoms with van der Waals surface area (Å²) < 4.78 is 0. The Labute approximate surface area is 138 Å². The number of nitrogens with zero attached hydrogens (tertiary/aromatic N) is 3. The van der Waals surface area contributed by atoms with Crippen LogP contribution in [0.5, 0.6) is 0 Å². The fourth-order valence-corrected chi connectivity index (χ4v) is 2.54. The molecule has 6 heteroatoms. The summed E-state index contributed by atoms with van der Waals surface area (Å²) in [7, 11) is 1.65. The van der Waals surface area contributed by atoms with Crippen molar-refractivity contribution in [2.24, 2.45) is 0 Å². The van der Waals surface area contributed by atoms with Gasteiger partial charge in [0.1, 0.15) is 0 Å². The molecule has 3 rings (SSSR count). The highest BCUT2D eigenvalue weighted by molar-refractivity contribution is 6.28. The second-order valence-electron chi connectivity index (χ2n) is 5.38. The first-order chi connectivity index (χ1) is 11.0.